The van der Waals surface area contributed by atoms with Crippen LogP contribution in [-0.4, -0.2) is 15.7 Å². The van der Waals surface area contributed by atoms with Gasteiger partial charge in [-0.05, 0) is 37.1 Å². The Kier molecular flexibility index (Phi) is 4.45. The maximum atomic E-state index is 11.8. The van der Waals surface area contributed by atoms with Gasteiger partial charge in [-0.15, -0.1) is 0 Å². The number of unbranched alkanes of at least 4 members (excludes halogenated alkanes) is 1. The van der Waals surface area contributed by atoms with Crippen LogP contribution in [0.4, 0.5) is 14.5 Å². The monoisotopic (exact) mass is 279 g/mol. The number of aryl methyl sites for hydroxylation is 1. The fourth-order valence-electron chi connectivity index (χ4n) is 1.94. The van der Waals surface area contributed by atoms with Crippen molar-refractivity contribution >= 4 is 22.5 Å². The molecule has 1 amide bonds. The molecule has 0 fully saturated rings. The zero-order valence-electron chi connectivity index (χ0n) is 11.1. The van der Waals surface area contributed by atoms with E-state index in [0.717, 1.165) is 17.0 Å². The van der Waals surface area contributed by atoms with Gasteiger partial charge in [0.2, 0.25) is 5.91 Å². The summed E-state index contributed by atoms with van der Waals surface area (Å²) in [7, 11) is 1.85. The Bertz CT molecular complexity index is 645. The van der Waals surface area contributed by atoms with Gasteiger partial charge >= 0.3 is 0 Å². The van der Waals surface area contributed by atoms with Crippen LogP contribution in [0.2, 0.25) is 0 Å². The highest BCUT2D eigenvalue weighted by Crippen LogP contribution is 2.18. The number of amides is 1. The van der Waals surface area contributed by atoms with Crippen molar-refractivity contribution in [2.24, 2.45) is 7.05 Å². The summed E-state index contributed by atoms with van der Waals surface area (Å²) in [5, 5.41) is 7.80. The molecule has 1 aromatic heterocycles. The molecular weight excluding hydrogens is 264 g/mol. The molecule has 106 valence electrons. The Hall–Kier alpha value is -2.24. The number of aromatic nitrogens is 2. The average molecular weight is 279 g/mol. The Morgan fingerprint density at radius 2 is 2.25 bits per heavy atom. The molecule has 0 aliphatic heterocycles. The molecule has 0 bridgehead atoms. The number of carbonyl (C=O) groups is 1. The lowest BCUT2D eigenvalue weighted by Gasteiger charge is -2.05. The molecule has 20 heavy (non-hydrogen) atoms. The van der Waals surface area contributed by atoms with Crippen LogP contribution in [0.5, 0.6) is 0 Å². The number of halogens is 2. The number of fused-ring (bicyclic) bond motifs is 1. The Labute approximate surface area is 115 Å². The van der Waals surface area contributed by atoms with Crippen LogP contribution in [0.15, 0.2) is 36.6 Å². The van der Waals surface area contributed by atoms with Crippen LogP contribution in [0, 0.1) is 0 Å². The highest BCUT2D eigenvalue weighted by atomic mass is 19.3. The zero-order chi connectivity index (χ0) is 14.5. The molecule has 0 radical (unpaired) electrons. The third-order valence-electron chi connectivity index (χ3n) is 2.94. The average Bonchev–Trinajstić information content (AvgIpc) is 2.76. The lowest BCUT2D eigenvalue weighted by atomic mass is 10.2. The van der Waals surface area contributed by atoms with Gasteiger partial charge in [0.15, 0.2) is 0 Å². The van der Waals surface area contributed by atoms with Crippen LogP contribution in [0.3, 0.4) is 0 Å². The van der Waals surface area contributed by atoms with E-state index in [1.807, 2.05) is 19.2 Å². The molecule has 0 saturated heterocycles. The smallest absolute Gasteiger partial charge is 0.266 e. The molecule has 0 atom stereocenters. The summed E-state index contributed by atoms with van der Waals surface area (Å²) in [4.78, 5) is 11.7. The van der Waals surface area contributed by atoms with Crippen molar-refractivity contribution in [3.05, 3.63) is 36.6 Å². The number of allylic oxidation sites excluding steroid dienone is 1. The number of nitrogens with one attached hydrogen (secondary N) is 1. The van der Waals surface area contributed by atoms with Crippen molar-refractivity contribution in [3.8, 4) is 0 Å². The maximum absolute atomic E-state index is 11.8. The fraction of sp³-hybridized carbons (Fsp3) is 0.286. The van der Waals surface area contributed by atoms with E-state index in [2.05, 4.69) is 10.4 Å². The summed E-state index contributed by atoms with van der Waals surface area (Å²) in [6.07, 6.45) is 1.67. The molecule has 2 rings (SSSR count). The van der Waals surface area contributed by atoms with Gasteiger partial charge < -0.3 is 5.32 Å². The van der Waals surface area contributed by atoms with E-state index in [0.29, 0.717) is 12.1 Å². The predicted octanol–water partition coefficient (Wildman–Crippen LogP) is 3.46. The van der Waals surface area contributed by atoms with Crippen molar-refractivity contribution < 1.29 is 13.6 Å². The second-order valence-electron chi connectivity index (χ2n) is 4.48. The molecule has 4 nitrogen and oxygen atoms in total. The highest BCUT2D eigenvalue weighted by Gasteiger charge is 2.04. The van der Waals surface area contributed by atoms with E-state index in [9.17, 15) is 13.6 Å². The minimum atomic E-state index is -1.70. The second-order valence-corrected chi connectivity index (χ2v) is 4.48. The molecule has 0 spiro atoms. The van der Waals surface area contributed by atoms with E-state index in [1.54, 1.807) is 16.9 Å². The van der Waals surface area contributed by atoms with Crippen LogP contribution < -0.4 is 5.32 Å². The fourth-order valence-corrected chi connectivity index (χ4v) is 1.94. The van der Waals surface area contributed by atoms with Crippen LogP contribution in [0.1, 0.15) is 19.3 Å². The first-order valence-electron chi connectivity index (χ1n) is 6.29. The van der Waals surface area contributed by atoms with E-state index in [-0.39, 0.29) is 18.7 Å². The summed E-state index contributed by atoms with van der Waals surface area (Å²) in [5.41, 5.74) is 1.66. The quantitative estimate of drug-likeness (QED) is 0.852. The lowest BCUT2D eigenvalue weighted by molar-refractivity contribution is -0.116. The van der Waals surface area contributed by atoms with E-state index in [1.165, 1.54) is 0 Å². The maximum Gasteiger partial charge on any atom is 0.266 e. The van der Waals surface area contributed by atoms with Crippen molar-refractivity contribution in [2.75, 3.05) is 5.32 Å². The van der Waals surface area contributed by atoms with Crippen LogP contribution in [-0.2, 0) is 11.8 Å². The number of carbonyl (C=O) groups excluding carboxylic acids is 1. The van der Waals surface area contributed by atoms with Crippen molar-refractivity contribution in [2.45, 2.75) is 19.3 Å². The first kappa shape index (κ1) is 14.2. The van der Waals surface area contributed by atoms with E-state index < -0.39 is 6.08 Å². The SMILES string of the molecule is Cn1ncc2cc(NC(=O)CCCC=C(F)F)ccc21. The molecule has 0 aliphatic rings. The molecule has 0 saturated carbocycles. The minimum Gasteiger partial charge on any atom is -0.326 e. The zero-order valence-corrected chi connectivity index (χ0v) is 11.1. The molecule has 1 heterocycles. The minimum absolute atomic E-state index is 0.180. The van der Waals surface area contributed by atoms with Gasteiger partial charge in [-0.1, -0.05) is 0 Å². The van der Waals surface area contributed by atoms with Gasteiger partial charge in [-0.25, -0.2) is 0 Å². The van der Waals surface area contributed by atoms with Gasteiger partial charge in [-0.2, -0.15) is 13.9 Å². The van der Waals surface area contributed by atoms with E-state index >= 15 is 0 Å². The van der Waals surface area contributed by atoms with Crippen molar-refractivity contribution in [1.29, 1.82) is 0 Å². The number of anilines is 1. The largest absolute Gasteiger partial charge is 0.326 e. The molecule has 0 aliphatic carbocycles. The summed E-state index contributed by atoms with van der Waals surface area (Å²) in [6.45, 7) is 0. The molecule has 1 N–H and O–H groups in total. The van der Waals surface area contributed by atoms with Gasteiger partial charge in [0.1, 0.15) is 0 Å². The second kappa shape index (κ2) is 6.27. The topological polar surface area (TPSA) is 46.9 Å². The standard InChI is InChI=1S/C14H15F2N3O/c1-19-12-7-6-11(8-10(12)9-17-19)18-14(20)5-3-2-4-13(15)16/h4,6-9H,2-3,5H2,1H3,(H,18,20). The van der Waals surface area contributed by atoms with Gasteiger partial charge in [0.25, 0.3) is 6.08 Å². The number of nitrogens with zero attached hydrogens (tertiary/aromatic N) is 2. The van der Waals surface area contributed by atoms with Crippen LogP contribution >= 0.6 is 0 Å². The molecule has 2 aromatic rings. The van der Waals surface area contributed by atoms with Gasteiger partial charge in [-0.3, -0.25) is 9.48 Å². The summed E-state index contributed by atoms with van der Waals surface area (Å²) in [5.74, 6) is -0.180. The third kappa shape index (κ3) is 3.63. The van der Waals surface area contributed by atoms with Crippen LogP contribution in [0.25, 0.3) is 10.9 Å². The third-order valence-corrected chi connectivity index (χ3v) is 2.94. The lowest BCUT2D eigenvalue weighted by Crippen LogP contribution is -2.10. The molecular formula is C14H15F2N3O. The Balaban J connectivity index is 1.91. The highest BCUT2D eigenvalue weighted by molar-refractivity contribution is 5.93. The van der Waals surface area contributed by atoms with Crippen molar-refractivity contribution in [1.82, 2.24) is 9.78 Å². The summed E-state index contributed by atoms with van der Waals surface area (Å²) >= 11 is 0. The number of benzene rings is 1. The first-order chi connectivity index (χ1) is 9.56. The first-order valence-corrected chi connectivity index (χ1v) is 6.29. The van der Waals surface area contributed by atoms with Gasteiger partial charge in [0, 0.05) is 24.5 Å². The predicted molar refractivity (Wildman–Crippen MR) is 73.5 cm³/mol. The summed E-state index contributed by atoms with van der Waals surface area (Å²) in [6, 6.07) is 5.50. The van der Waals surface area contributed by atoms with Crippen molar-refractivity contribution in [3.63, 3.8) is 0 Å². The number of rotatable bonds is 5. The van der Waals surface area contributed by atoms with Gasteiger partial charge in [0.05, 0.1) is 11.7 Å². The number of hydrogen-bond acceptors (Lipinski definition) is 2. The number of hydrogen-bond donors (Lipinski definition) is 1. The summed E-state index contributed by atoms with van der Waals surface area (Å²) < 4.78 is 25.4. The molecule has 0 unspecified atom stereocenters. The normalized spacial score (nSPS) is 10.6. The molecule has 6 heteroatoms. The molecule has 1 aromatic carbocycles. The Morgan fingerprint density at radius 3 is 3.00 bits per heavy atom. The Morgan fingerprint density at radius 1 is 1.45 bits per heavy atom. The van der Waals surface area contributed by atoms with E-state index in [4.69, 9.17) is 0 Å².